The monoisotopic (exact) mass is 232 g/mol. The van der Waals surface area contributed by atoms with Crippen molar-refractivity contribution in [1.82, 2.24) is 0 Å². The molecule has 2 nitrogen and oxygen atoms in total. The summed E-state index contributed by atoms with van der Waals surface area (Å²) in [5.41, 5.74) is 6.66. The van der Waals surface area contributed by atoms with Gasteiger partial charge in [0.15, 0.2) is 0 Å². The summed E-state index contributed by atoms with van der Waals surface area (Å²) in [6.07, 6.45) is 0. The van der Waals surface area contributed by atoms with Crippen molar-refractivity contribution in [3.63, 3.8) is 0 Å². The first-order valence-corrected chi connectivity index (χ1v) is 5.55. The van der Waals surface area contributed by atoms with Crippen LogP contribution in [0.15, 0.2) is 30.3 Å². The first-order valence-electron chi connectivity index (χ1n) is 4.73. The van der Waals surface area contributed by atoms with Crippen molar-refractivity contribution in [2.24, 2.45) is 5.73 Å². The average Bonchev–Trinajstić information content (AvgIpc) is 2.77. The first-order chi connectivity index (χ1) is 7.74. The highest BCUT2D eigenvalue weighted by molar-refractivity contribution is 7.16. The molecule has 2 rings (SSSR count). The molecule has 0 radical (unpaired) electrons. The predicted molar refractivity (Wildman–Crippen MR) is 62.3 cm³/mol. The summed E-state index contributed by atoms with van der Waals surface area (Å²) in [5, 5.41) is 8.70. The Morgan fingerprint density at radius 2 is 2.12 bits per heavy atom. The normalized spacial score (nSPS) is 10.1. The third kappa shape index (κ3) is 1.96. The molecule has 2 aromatic rings. The molecule has 2 N–H and O–H groups in total. The second-order valence-electron chi connectivity index (χ2n) is 3.29. The zero-order valence-electron chi connectivity index (χ0n) is 8.40. The van der Waals surface area contributed by atoms with Crippen LogP contribution in [-0.4, -0.2) is 0 Å². The van der Waals surface area contributed by atoms with Gasteiger partial charge in [-0.15, -0.1) is 11.3 Å². The second-order valence-corrected chi connectivity index (χ2v) is 4.37. The lowest BCUT2D eigenvalue weighted by atomic mass is 10.1. The molecule has 0 aliphatic rings. The molecule has 1 aromatic carbocycles. The van der Waals surface area contributed by atoms with Gasteiger partial charge in [0.1, 0.15) is 16.8 Å². The molecule has 0 atom stereocenters. The highest BCUT2D eigenvalue weighted by atomic mass is 32.1. The molecule has 0 saturated carbocycles. The van der Waals surface area contributed by atoms with Gasteiger partial charge in [-0.1, -0.05) is 12.1 Å². The maximum Gasteiger partial charge on any atom is 0.128 e. The van der Waals surface area contributed by atoms with Gasteiger partial charge >= 0.3 is 0 Å². The molecule has 0 saturated heterocycles. The molecule has 4 heteroatoms. The van der Waals surface area contributed by atoms with Crippen LogP contribution in [0.1, 0.15) is 10.4 Å². The molecule has 0 aliphatic carbocycles. The Hall–Kier alpha value is -1.70. The van der Waals surface area contributed by atoms with Crippen LogP contribution in [0, 0.1) is 17.1 Å². The van der Waals surface area contributed by atoms with Crippen molar-refractivity contribution in [2.45, 2.75) is 6.54 Å². The fraction of sp³-hybridized carbons (Fsp3) is 0.0833. The minimum atomic E-state index is -0.299. The molecule has 0 unspecified atom stereocenters. The fourth-order valence-corrected chi connectivity index (χ4v) is 2.22. The van der Waals surface area contributed by atoms with E-state index in [0.29, 0.717) is 10.4 Å². The maximum absolute atomic E-state index is 13.5. The van der Waals surface area contributed by atoms with Crippen LogP contribution in [0.4, 0.5) is 4.39 Å². The van der Waals surface area contributed by atoms with E-state index in [9.17, 15) is 4.39 Å². The molecule has 80 valence electrons. The lowest BCUT2D eigenvalue weighted by Crippen LogP contribution is -1.99. The van der Waals surface area contributed by atoms with E-state index in [-0.39, 0.29) is 12.4 Å². The van der Waals surface area contributed by atoms with E-state index in [4.69, 9.17) is 11.0 Å². The second kappa shape index (κ2) is 4.44. The topological polar surface area (TPSA) is 49.8 Å². The Balaban J connectivity index is 2.42. The number of rotatable bonds is 2. The summed E-state index contributed by atoms with van der Waals surface area (Å²) in [7, 11) is 0. The Bertz CT molecular complexity index is 554. The summed E-state index contributed by atoms with van der Waals surface area (Å²) in [5.74, 6) is -0.299. The zero-order chi connectivity index (χ0) is 11.5. The van der Waals surface area contributed by atoms with Gasteiger partial charge in [-0.2, -0.15) is 5.26 Å². The number of nitriles is 1. The summed E-state index contributed by atoms with van der Waals surface area (Å²) in [6.45, 7) is 0.194. The molecule has 1 heterocycles. The summed E-state index contributed by atoms with van der Waals surface area (Å²) in [4.78, 5) is 1.51. The van der Waals surface area contributed by atoms with Crippen LogP contribution in [0.25, 0.3) is 10.4 Å². The maximum atomic E-state index is 13.5. The number of thiophene rings is 1. The Morgan fingerprint density at radius 3 is 2.69 bits per heavy atom. The molecule has 0 fully saturated rings. The van der Waals surface area contributed by atoms with Crippen molar-refractivity contribution < 1.29 is 4.39 Å². The Kier molecular flexibility index (Phi) is 3.00. The average molecular weight is 232 g/mol. The van der Waals surface area contributed by atoms with Crippen molar-refractivity contribution in [3.05, 3.63) is 46.6 Å². The van der Waals surface area contributed by atoms with Crippen molar-refractivity contribution in [2.75, 3.05) is 0 Å². The van der Waals surface area contributed by atoms with E-state index in [1.165, 1.54) is 17.4 Å². The Morgan fingerprint density at radius 1 is 1.31 bits per heavy atom. The standard InChI is InChI=1S/C12H9FN2S/c13-11-5-8(1-2-9(11)6-14)12-4-3-10(7-15)16-12/h1-5H,6,14H2. The van der Waals surface area contributed by atoms with Gasteiger partial charge < -0.3 is 5.73 Å². The third-order valence-electron chi connectivity index (χ3n) is 2.27. The number of hydrogen-bond donors (Lipinski definition) is 1. The smallest absolute Gasteiger partial charge is 0.128 e. The lowest BCUT2D eigenvalue weighted by molar-refractivity contribution is 0.611. The van der Waals surface area contributed by atoms with Gasteiger partial charge in [0, 0.05) is 17.0 Å². The summed E-state index contributed by atoms with van der Waals surface area (Å²) in [6, 6.07) is 10.6. The molecule has 0 spiro atoms. The molecule has 0 amide bonds. The molecule has 1 aromatic heterocycles. The minimum Gasteiger partial charge on any atom is -0.326 e. The van der Waals surface area contributed by atoms with E-state index in [0.717, 1.165) is 10.4 Å². The van der Waals surface area contributed by atoms with Crippen LogP contribution >= 0.6 is 11.3 Å². The minimum absolute atomic E-state index is 0.194. The molecule has 16 heavy (non-hydrogen) atoms. The predicted octanol–water partition coefficient (Wildman–Crippen LogP) is 2.88. The molecular weight excluding hydrogens is 223 g/mol. The largest absolute Gasteiger partial charge is 0.326 e. The first kappa shape index (κ1) is 10.8. The van der Waals surface area contributed by atoms with Crippen LogP contribution < -0.4 is 5.73 Å². The number of nitrogens with two attached hydrogens (primary N) is 1. The van der Waals surface area contributed by atoms with E-state index >= 15 is 0 Å². The van der Waals surface area contributed by atoms with E-state index in [2.05, 4.69) is 6.07 Å². The quantitative estimate of drug-likeness (QED) is 0.865. The van der Waals surface area contributed by atoms with Crippen molar-refractivity contribution in [1.29, 1.82) is 5.26 Å². The van der Waals surface area contributed by atoms with Crippen LogP contribution in [0.2, 0.25) is 0 Å². The number of halogens is 1. The van der Waals surface area contributed by atoms with Gasteiger partial charge in [-0.25, -0.2) is 4.39 Å². The van der Waals surface area contributed by atoms with Gasteiger partial charge in [0.05, 0.1) is 0 Å². The fourth-order valence-electron chi connectivity index (χ4n) is 1.42. The van der Waals surface area contributed by atoms with E-state index in [1.54, 1.807) is 12.1 Å². The van der Waals surface area contributed by atoms with Gasteiger partial charge in [0.25, 0.3) is 0 Å². The zero-order valence-corrected chi connectivity index (χ0v) is 9.22. The van der Waals surface area contributed by atoms with Crippen LogP contribution in [0.3, 0.4) is 0 Å². The van der Waals surface area contributed by atoms with E-state index < -0.39 is 0 Å². The van der Waals surface area contributed by atoms with Crippen LogP contribution in [0.5, 0.6) is 0 Å². The molecule has 0 bridgehead atoms. The summed E-state index contributed by atoms with van der Waals surface area (Å²) < 4.78 is 13.5. The summed E-state index contributed by atoms with van der Waals surface area (Å²) >= 11 is 1.35. The van der Waals surface area contributed by atoms with Gasteiger partial charge in [0.2, 0.25) is 0 Å². The highest BCUT2D eigenvalue weighted by Gasteiger charge is 2.06. The Labute approximate surface area is 96.8 Å². The van der Waals surface area contributed by atoms with Crippen LogP contribution in [-0.2, 0) is 6.54 Å². The molecular formula is C12H9FN2S. The number of benzene rings is 1. The number of hydrogen-bond acceptors (Lipinski definition) is 3. The van der Waals surface area contributed by atoms with Crippen molar-refractivity contribution >= 4 is 11.3 Å². The third-order valence-corrected chi connectivity index (χ3v) is 3.31. The lowest BCUT2D eigenvalue weighted by Gasteiger charge is -2.02. The van der Waals surface area contributed by atoms with Crippen molar-refractivity contribution in [3.8, 4) is 16.5 Å². The van der Waals surface area contributed by atoms with Gasteiger partial charge in [-0.3, -0.25) is 0 Å². The van der Waals surface area contributed by atoms with E-state index in [1.807, 2.05) is 12.1 Å². The highest BCUT2D eigenvalue weighted by Crippen LogP contribution is 2.28. The SMILES string of the molecule is N#Cc1ccc(-c2ccc(CN)c(F)c2)s1. The molecule has 0 aliphatic heterocycles. The number of nitrogens with zero attached hydrogens (tertiary/aromatic N) is 1. The van der Waals surface area contributed by atoms with Gasteiger partial charge in [-0.05, 0) is 23.8 Å².